The molecule has 0 unspecified atom stereocenters. The van der Waals surface area contributed by atoms with Crippen molar-refractivity contribution in [1.29, 1.82) is 5.41 Å². The Labute approximate surface area is 358 Å². The summed E-state index contributed by atoms with van der Waals surface area (Å²) in [5.74, 6) is 1.77. The third kappa shape index (κ3) is 6.57. The first-order chi connectivity index (χ1) is 30.7. The Morgan fingerprint density at radius 1 is 0.419 bits per heavy atom. The van der Waals surface area contributed by atoms with Gasteiger partial charge in [-0.1, -0.05) is 200 Å². The highest BCUT2D eigenvalue weighted by Crippen LogP contribution is 2.42. The molecule has 292 valence electrons. The summed E-state index contributed by atoms with van der Waals surface area (Å²) in [5.41, 5.74) is 15.4. The second-order valence-corrected chi connectivity index (χ2v) is 15.2. The van der Waals surface area contributed by atoms with Gasteiger partial charge in [-0.25, -0.2) is 15.0 Å². The van der Waals surface area contributed by atoms with Gasteiger partial charge < -0.3 is 15.1 Å². The van der Waals surface area contributed by atoms with E-state index in [-0.39, 0.29) is 0 Å². The number of furan rings is 1. The molecule has 3 heterocycles. The van der Waals surface area contributed by atoms with Crippen LogP contribution in [0, 0.1) is 5.41 Å². The van der Waals surface area contributed by atoms with E-state index in [9.17, 15) is 0 Å². The lowest BCUT2D eigenvalue weighted by molar-refractivity contribution is 0.670. The van der Waals surface area contributed by atoms with Gasteiger partial charge in [-0.15, -0.1) is 0 Å². The van der Waals surface area contributed by atoms with Crippen LogP contribution < -0.4 is 5.32 Å². The Kier molecular flexibility index (Phi) is 9.21. The van der Waals surface area contributed by atoms with Gasteiger partial charge in [0.15, 0.2) is 17.5 Å². The van der Waals surface area contributed by atoms with Crippen LogP contribution in [0.5, 0.6) is 0 Å². The van der Waals surface area contributed by atoms with Gasteiger partial charge in [0.05, 0.1) is 11.4 Å². The van der Waals surface area contributed by atoms with Crippen LogP contribution in [0.15, 0.2) is 211 Å². The van der Waals surface area contributed by atoms with Crippen LogP contribution in [0.25, 0.3) is 89.8 Å². The molecule has 8 aromatic carbocycles. The maximum absolute atomic E-state index is 8.54. The summed E-state index contributed by atoms with van der Waals surface area (Å²) >= 11 is 0. The zero-order valence-electron chi connectivity index (χ0n) is 33.5. The van der Waals surface area contributed by atoms with Gasteiger partial charge in [0.25, 0.3) is 0 Å². The average Bonchev–Trinajstić information content (AvgIpc) is 3.74. The van der Waals surface area contributed by atoms with Crippen molar-refractivity contribution in [3.8, 4) is 45.3 Å². The first-order valence-electron chi connectivity index (χ1n) is 20.6. The summed E-state index contributed by atoms with van der Waals surface area (Å²) < 4.78 is 6.36. The number of hydrogen-bond donors (Lipinski definition) is 2. The van der Waals surface area contributed by atoms with Gasteiger partial charge in [-0.2, -0.15) is 0 Å². The number of hydrogen-bond acceptors (Lipinski definition) is 6. The Hall–Kier alpha value is -8.48. The SMILES string of the molecule is N=C/C(=C1\NC(c2ccccc2)=C(c2ccc(-c3nc(-c4ccccc4)nc(-c4ccc(-c5cccc6c5oc5ccccc56)cc4)n3)cc2)c2ccccc21)c1ccccc1. The number of nitrogens with one attached hydrogen (secondary N) is 2. The zero-order chi connectivity index (χ0) is 41.4. The summed E-state index contributed by atoms with van der Waals surface area (Å²) in [6.45, 7) is 0. The highest BCUT2D eigenvalue weighted by atomic mass is 16.3. The molecule has 10 aromatic rings. The Morgan fingerprint density at radius 3 is 1.55 bits per heavy atom. The monoisotopic (exact) mass is 795 g/mol. The van der Waals surface area contributed by atoms with Crippen molar-refractivity contribution in [1.82, 2.24) is 20.3 Å². The molecule has 2 aromatic heterocycles. The third-order valence-electron chi connectivity index (χ3n) is 11.5. The van der Waals surface area contributed by atoms with Crippen LogP contribution in [0.1, 0.15) is 27.8 Å². The molecule has 62 heavy (non-hydrogen) atoms. The van der Waals surface area contributed by atoms with Gasteiger partial charge in [0.2, 0.25) is 0 Å². The van der Waals surface area contributed by atoms with Crippen LogP contribution in [-0.4, -0.2) is 21.2 Å². The van der Waals surface area contributed by atoms with Crippen molar-refractivity contribution in [3.05, 3.63) is 234 Å². The molecular weight excluding hydrogens is 759 g/mol. The molecule has 0 saturated carbocycles. The van der Waals surface area contributed by atoms with Crippen LogP contribution in [0.3, 0.4) is 0 Å². The fourth-order valence-corrected chi connectivity index (χ4v) is 8.47. The van der Waals surface area contributed by atoms with E-state index in [0.717, 1.165) is 100 Å². The normalized spacial score (nSPS) is 13.2. The van der Waals surface area contributed by atoms with Crippen LogP contribution >= 0.6 is 0 Å². The number of aromatic nitrogens is 3. The first kappa shape index (κ1) is 36.6. The maximum Gasteiger partial charge on any atom is 0.164 e. The Bertz CT molecular complexity index is 3350. The molecule has 1 aliphatic rings. The number of para-hydroxylation sites is 2. The van der Waals surface area contributed by atoms with E-state index < -0.39 is 0 Å². The summed E-state index contributed by atoms with van der Waals surface area (Å²) in [6.07, 6.45) is 1.45. The van der Waals surface area contributed by atoms with Gasteiger partial charge in [-0.3, -0.25) is 0 Å². The molecule has 2 N–H and O–H groups in total. The van der Waals surface area contributed by atoms with E-state index in [1.807, 2.05) is 84.9 Å². The maximum atomic E-state index is 8.54. The number of rotatable bonds is 8. The number of fused-ring (bicyclic) bond motifs is 4. The lowest BCUT2D eigenvalue weighted by Crippen LogP contribution is -2.21. The number of allylic oxidation sites excluding steroid dienone is 1. The number of nitrogens with zero attached hydrogens (tertiary/aromatic N) is 3. The van der Waals surface area contributed by atoms with Gasteiger partial charge in [0.1, 0.15) is 11.2 Å². The fraction of sp³-hybridized carbons (Fsp3) is 0. The highest BCUT2D eigenvalue weighted by molar-refractivity contribution is 6.21. The van der Waals surface area contributed by atoms with E-state index >= 15 is 0 Å². The first-order valence-corrected chi connectivity index (χ1v) is 20.6. The summed E-state index contributed by atoms with van der Waals surface area (Å²) in [4.78, 5) is 15.2. The molecule has 0 spiro atoms. The summed E-state index contributed by atoms with van der Waals surface area (Å²) in [5, 5.41) is 14.6. The van der Waals surface area contributed by atoms with Crippen molar-refractivity contribution in [2.45, 2.75) is 0 Å². The van der Waals surface area contributed by atoms with Gasteiger partial charge in [-0.05, 0) is 33.9 Å². The minimum Gasteiger partial charge on any atom is -0.455 e. The van der Waals surface area contributed by atoms with E-state index in [0.29, 0.717) is 17.5 Å². The van der Waals surface area contributed by atoms with Crippen molar-refractivity contribution < 1.29 is 4.42 Å². The van der Waals surface area contributed by atoms with Crippen molar-refractivity contribution >= 4 is 50.7 Å². The molecular formula is C56H37N5O. The minimum absolute atomic E-state index is 0.583. The van der Waals surface area contributed by atoms with Gasteiger partial charge in [0, 0.05) is 56.0 Å². The molecule has 0 bridgehead atoms. The quantitative estimate of drug-likeness (QED) is 0.150. The average molecular weight is 796 g/mol. The molecule has 0 radical (unpaired) electrons. The van der Waals surface area contributed by atoms with E-state index in [1.165, 1.54) is 6.21 Å². The molecule has 0 saturated heterocycles. The molecule has 0 atom stereocenters. The zero-order valence-corrected chi connectivity index (χ0v) is 33.5. The lowest BCUT2D eigenvalue weighted by atomic mass is 9.84. The molecule has 1 aliphatic heterocycles. The van der Waals surface area contributed by atoms with Crippen LogP contribution in [0.4, 0.5) is 0 Å². The highest BCUT2D eigenvalue weighted by Gasteiger charge is 2.27. The standard InChI is InChI=1S/C56H37N5O/c57-35-48(36-15-4-1-5-16-36)52-46-23-11-10-22-45(46)50(51(58-52)39-17-6-2-7-18-39)38-29-33-42(34-30-38)56-60-54(40-19-8-3-9-20-40)59-55(61-56)41-31-27-37(28-32-41)43-24-14-25-47-44-21-12-13-26-49(44)62-53(43)47/h1-35,57-58H/b52-48+,57-35?. The lowest BCUT2D eigenvalue weighted by Gasteiger charge is -2.29. The van der Waals surface area contributed by atoms with Crippen LogP contribution in [0.2, 0.25) is 0 Å². The predicted molar refractivity (Wildman–Crippen MR) is 253 cm³/mol. The van der Waals surface area contributed by atoms with E-state index in [1.54, 1.807) is 0 Å². The molecule has 0 fully saturated rings. The topological polar surface area (TPSA) is 87.7 Å². The third-order valence-corrected chi connectivity index (χ3v) is 11.5. The molecule has 6 nitrogen and oxygen atoms in total. The van der Waals surface area contributed by atoms with Crippen molar-refractivity contribution in [2.75, 3.05) is 0 Å². The largest absolute Gasteiger partial charge is 0.455 e. The smallest absolute Gasteiger partial charge is 0.164 e. The predicted octanol–water partition coefficient (Wildman–Crippen LogP) is 13.5. The second-order valence-electron chi connectivity index (χ2n) is 15.2. The van der Waals surface area contributed by atoms with E-state index in [4.69, 9.17) is 24.8 Å². The Morgan fingerprint density at radius 2 is 0.903 bits per heavy atom. The number of benzene rings is 8. The van der Waals surface area contributed by atoms with Crippen molar-refractivity contribution in [3.63, 3.8) is 0 Å². The van der Waals surface area contributed by atoms with Crippen molar-refractivity contribution in [2.24, 2.45) is 0 Å². The summed E-state index contributed by atoms with van der Waals surface area (Å²) in [6, 6.07) is 70.3. The Balaban J connectivity index is 1.00. The van der Waals surface area contributed by atoms with Gasteiger partial charge >= 0.3 is 0 Å². The summed E-state index contributed by atoms with van der Waals surface area (Å²) in [7, 11) is 0. The molecule has 6 heteroatoms. The molecule has 0 aliphatic carbocycles. The molecule has 11 rings (SSSR count). The van der Waals surface area contributed by atoms with Crippen LogP contribution in [-0.2, 0) is 0 Å². The van der Waals surface area contributed by atoms with E-state index in [2.05, 4.69) is 127 Å². The second kappa shape index (κ2) is 15.6. The fourth-order valence-electron chi connectivity index (χ4n) is 8.47. The minimum atomic E-state index is 0.583. The molecule has 0 amide bonds.